The standard InChI is InChI=1S/C11H11ClFN3/c1-6-4-7-9(5-8(6)13)14-11(12)15-10(7)16(2)3/h4-5H,1-3H3. The Hall–Kier alpha value is -1.42. The number of fused-ring (bicyclic) bond motifs is 1. The van der Waals surface area contributed by atoms with Gasteiger partial charge < -0.3 is 4.90 Å². The first-order valence-corrected chi connectivity index (χ1v) is 5.17. The zero-order chi connectivity index (χ0) is 11.9. The molecular weight excluding hydrogens is 229 g/mol. The molecule has 2 rings (SSSR count). The lowest BCUT2D eigenvalue weighted by molar-refractivity contribution is 0.620. The van der Waals surface area contributed by atoms with Crippen LogP contribution in [-0.4, -0.2) is 24.1 Å². The number of benzene rings is 1. The minimum absolute atomic E-state index is 0.124. The molecule has 5 heteroatoms. The van der Waals surface area contributed by atoms with Gasteiger partial charge >= 0.3 is 0 Å². The van der Waals surface area contributed by atoms with Gasteiger partial charge in [-0.05, 0) is 30.2 Å². The second kappa shape index (κ2) is 3.87. The van der Waals surface area contributed by atoms with Gasteiger partial charge in [0.05, 0.1) is 5.52 Å². The van der Waals surface area contributed by atoms with Crippen molar-refractivity contribution in [3.8, 4) is 0 Å². The summed E-state index contributed by atoms with van der Waals surface area (Å²) >= 11 is 5.79. The summed E-state index contributed by atoms with van der Waals surface area (Å²) in [5, 5.41) is 0.924. The van der Waals surface area contributed by atoms with Gasteiger partial charge in [0.1, 0.15) is 11.6 Å². The third kappa shape index (κ3) is 1.80. The van der Waals surface area contributed by atoms with E-state index in [9.17, 15) is 4.39 Å². The number of aryl methyl sites for hydroxylation is 1. The van der Waals surface area contributed by atoms with Crippen molar-refractivity contribution in [2.75, 3.05) is 19.0 Å². The van der Waals surface area contributed by atoms with Crippen molar-refractivity contribution in [1.29, 1.82) is 0 Å². The van der Waals surface area contributed by atoms with E-state index in [0.717, 1.165) is 5.39 Å². The monoisotopic (exact) mass is 239 g/mol. The maximum Gasteiger partial charge on any atom is 0.224 e. The lowest BCUT2D eigenvalue weighted by atomic mass is 10.1. The van der Waals surface area contributed by atoms with Gasteiger partial charge in [-0.2, -0.15) is 4.98 Å². The predicted octanol–water partition coefficient (Wildman–Crippen LogP) is 2.80. The van der Waals surface area contributed by atoms with E-state index in [1.165, 1.54) is 6.07 Å². The summed E-state index contributed by atoms with van der Waals surface area (Å²) < 4.78 is 13.4. The largest absolute Gasteiger partial charge is 0.362 e. The SMILES string of the molecule is Cc1cc2c(N(C)C)nc(Cl)nc2cc1F. The molecule has 16 heavy (non-hydrogen) atoms. The van der Waals surface area contributed by atoms with Gasteiger partial charge in [0.2, 0.25) is 5.28 Å². The fraction of sp³-hybridized carbons (Fsp3) is 0.273. The number of nitrogens with zero attached hydrogens (tertiary/aromatic N) is 3. The number of anilines is 1. The van der Waals surface area contributed by atoms with Gasteiger partial charge in [0, 0.05) is 25.5 Å². The Bertz CT molecular complexity index is 554. The Morgan fingerprint density at radius 3 is 2.56 bits per heavy atom. The van der Waals surface area contributed by atoms with Crippen LogP contribution in [-0.2, 0) is 0 Å². The zero-order valence-corrected chi connectivity index (χ0v) is 10.0. The topological polar surface area (TPSA) is 29.0 Å². The van der Waals surface area contributed by atoms with Crippen LogP contribution in [0.5, 0.6) is 0 Å². The molecule has 0 saturated heterocycles. The highest BCUT2D eigenvalue weighted by Gasteiger charge is 2.10. The fourth-order valence-corrected chi connectivity index (χ4v) is 1.73. The molecule has 0 aliphatic rings. The van der Waals surface area contributed by atoms with Gasteiger partial charge in [-0.1, -0.05) is 0 Å². The summed E-state index contributed by atoms with van der Waals surface area (Å²) in [5.74, 6) is 0.407. The zero-order valence-electron chi connectivity index (χ0n) is 9.25. The molecule has 1 aromatic heterocycles. The lowest BCUT2D eigenvalue weighted by Gasteiger charge is -2.14. The average molecular weight is 240 g/mol. The molecule has 1 aromatic carbocycles. The van der Waals surface area contributed by atoms with E-state index in [-0.39, 0.29) is 11.1 Å². The van der Waals surface area contributed by atoms with Crippen LogP contribution in [0.2, 0.25) is 5.28 Å². The van der Waals surface area contributed by atoms with Gasteiger partial charge in [0.25, 0.3) is 0 Å². The first-order chi connectivity index (χ1) is 7.49. The van der Waals surface area contributed by atoms with Crippen LogP contribution in [0.25, 0.3) is 10.9 Å². The Labute approximate surface area is 97.9 Å². The van der Waals surface area contributed by atoms with Crippen LogP contribution >= 0.6 is 11.6 Å². The van der Waals surface area contributed by atoms with Crippen molar-refractivity contribution in [3.63, 3.8) is 0 Å². The Morgan fingerprint density at radius 1 is 1.25 bits per heavy atom. The van der Waals surface area contributed by atoms with Crippen molar-refractivity contribution in [2.45, 2.75) is 6.92 Å². The van der Waals surface area contributed by atoms with Gasteiger partial charge in [-0.3, -0.25) is 0 Å². The Kier molecular flexibility index (Phi) is 2.68. The van der Waals surface area contributed by atoms with Crippen LogP contribution in [0.4, 0.5) is 10.2 Å². The van der Waals surface area contributed by atoms with E-state index in [4.69, 9.17) is 11.6 Å². The third-order valence-electron chi connectivity index (χ3n) is 2.35. The molecule has 0 radical (unpaired) electrons. The van der Waals surface area contributed by atoms with Crippen LogP contribution in [0.15, 0.2) is 12.1 Å². The van der Waals surface area contributed by atoms with Crippen molar-refractivity contribution < 1.29 is 4.39 Å². The Balaban J connectivity index is 2.85. The first-order valence-electron chi connectivity index (χ1n) is 4.80. The molecule has 84 valence electrons. The fourth-order valence-electron chi connectivity index (χ4n) is 1.56. The average Bonchev–Trinajstić information content (AvgIpc) is 2.19. The van der Waals surface area contributed by atoms with Crippen LogP contribution < -0.4 is 4.90 Å². The number of halogens is 2. The smallest absolute Gasteiger partial charge is 0.224 e. The molecule has 2 aromatic rings. The van der Waals surface area contributed by atoms with Crippen molar-refractivity contribution in [2.24, 2.45) is 0 Å². The van der Waals surface area contributed by atoms with E-state index in [1.807, 2.05) is 19.0 Å². The predicted molar refractivity (Wildman–Crippen MR) is 63.6 cm³/mol. The summed E-state index contributed by atoms with van der Waals surface area (Å²) in [7, 11) is 3.72. The first kappa shape index (κ1) is 11.1. The number of aromatic nitrogens is 2. The molecule has 0 bridgehead atoms. The van der Waals surface area contributed by atoms with E-state index < -0.39 is 0 Å². The van der Waals surface area contributed by atoms with E-state index in [0.29, 0.717) is 16.9 Å². The number of hydrogen-bond donors (Lipinski definition) is 0. The molecule has 0 N–H and O–H groups in total. The van der Waals surface area contributed by atoms with E-state index in [1.54, 1.807) is 13.0 Å². The van der Waals surface area contributed by atoms with Crippen LogP contribution in [0, 0.1) is 12.7 Å². The molecule has 0 fully saturated rings. The van der Waals surface area contributed by atoms with Crippen molar-refractivity contribution in [3.05, 3.63) is 28.8 Å². The molecule has 0 spiro atoms. The van der Waals surface area contributed by atoms with Crippen molar-refractivity contribution >= 4 is 28.3 Å². The van der Waals surface area contributed by atoms with Crippen molar-refractivity contribution in [1.82, 2.24) is 9.97 Å². The molecule has 0 unspecified atom stereocenters. The van der Waals surface area contributed by atoms with E-state index in [2.05, 4.69) is 9.97 Å². The maximum atomic E-state index is 13.4. The minimum atomic E-state index is -0.285. The molecule has 3 nitrogen and oxygen atoms in total. The second-order valence-corrected chi connectivity index (χ2v) is 4.17. The van der Waals surface area contributed by atoms with Gasteiger partial charge in [0.15, 0.2) is 0 Å². The summed E-state index contributed by atoms with van der Waals surface area (Å²) in [6, 6.07) is 3.11. The highest BCUT2D eigenvalue weighted by molar-refractivity contribution is 6.28. The molecule has 1 heterocycles. The molecule has 0 atom stereocenters. The highest BCUT2D eigenvalue weighted by atomic mass is 35.5. The molecular formula is C11H11ClFN3. The van der Waals surface area contributed by atoms with E-state index >= 15 is 0 Å². The van der Waals surface area contributed by atoms with Crippen LogP contribution in [0.3, 0.4) is 0 Å². The van der Waals surface area contributed by atoms with Gasteiger partial charge in [-0.25, -0.2) is 9.37 Å². The normalized spacial score (nSPS) is 10.8. The van der Waals surface area contributed by atoms with Crippen LogP contribution in [0.1, 0.15) is 5.56 Å². The Morgan fingerprint density at radius 2 is 1.94 bits per heavy atom. The number of rotatable bonds is 1. The quantitative estimate of drug-likeness (QED) is 0.717. The molecule has 0 amide bonds. The summed E-state index contributed by atoms with van der Waals surface area (Å²) in [4.78, 5) is 9.96. The molecule has 0 aliphatic heterocycles. The number of hydrogen-bond acceptors (Lipinski definition) is 3. The molecule has 0 aliphatic carbocycles. The summed E-state index contributed by atoms with van der Waals surface area (Å²) in [5.41, 5.74) is 1.09. The second-order valence-electron chi connectivity index (χ2n) is 3.83. The maximum absolute atomic E-state index is 13.4. The third-order valence-corrected chi connectivity index (χ3v) is 2.52. The summed E-state index contributed by atoms with van der Waals surface area (Å²) in [6.45, 7) is 1.71. The summed E-state index contributed by atoms with van der Waals surface area (Å²) in [6.07, 6.45) is 0. The lowest BCUT2D eigenvalue weighted by Crippen LogP contribution is -2.12. The van der Waals surface area contributed by atoms with Gasteiger partial charge in [-0.15, -0.1) is 0 Å². The molecule has 0 saturated carbocycles. The highest BCUT2D eigenvalue weighted by Crippen LogP contribution is 2.26. The minimum Gasteiger partial charge on any atom is -0.362 e.